The lowest BCUT2D eigenvalue weighted by atomic mass is 10.0. The summed E-state index contributed by atoms with van der Waals surface area (Å²) in [6.07, 6.45) is 2.53. The largest absolute Gasteiger partial charge is 0.159 e. The average molecular weight is 220 g/mol. The van der Waals surface area contributed by atoms with Crippen LogP contribution in [0.5, 0.6) is 0 Å². The first-order chi connectivity index (χ1) is 8.42. The predicted octanol–water partition coefficient (Wildman–Crippen LogP) is 3.22. The highest BCUT2D eigenvalue weighted by atomic mass is 15.1. The summed E-state index contributed by atoms with van der Waals surface area (Å²) < 4.78 is 0. The molecule has 2 nitrogen and oxygen atoms in total. The summed E-state index contributed by atoms with van der Waals surface area (Å²) in [7, 11) is 0. The van der Waals surface area contributed by atoms with Crippen LogP contribution in [0.4, 0.5) is 0 Å². The molecular weight excluding hydrogens is 208 g/mol. The van der Waals surface area contributed by atoms with E-state index in [0.29, 0.717) is 0 Å². The Morgan fingerprint density at radius 3 is 2.53 bits per heavy atom. The molecule has 0 aliphatic heterocycles. The van der Waals surface area contributed by atoms with Crippen molar-refractivity contribution in [1.29, 1.82) is 0 Å². The molecule has 0 spiro atoms. The van der Waals surface area contributed by atoms with E-state index in [0.717, 1.165) is 12.1 Å². The highest BCUT2D eigenvalue weighted by Gasteiger charge is 1.99. The lowest BCUT2D eigenvalue weighted by molar-refractivity contribution is 0.937. The molecule has 0 aliphatic rings. The van der Waals surface area contributed by atoms with Gasteiger partial charge in [-0.1, -0.05) is 42.5 Å². The van der Waals surface area contributed by atoms with Crippen LogP contribution in [-0.4, -0.2) is 10.2 Å². The van der Waals surface area contributed by atoms with Gasteiger partial charge in [0.2, 0.25) is 0 Å². The van der Waals surface area contributed by atoms with Crippen LogP contribution in [0.15, 0.2) is 60.8 Å². The summed E-state index contributed by atoms with van der Waals surface area (Å²) in [5.74, 6) is 0. The minimum atomic E-state index is 0.832. The van der Waals surface area contributed by atoms with Gasteiger partial charge in [-0.3, -0.25) is 0 Å². The Kier molecular flexibility index (Phi) is 2.54. The molecule has 0 radical (unpaired) electrons. The first-order valence-electron chi connectivity index (χ1n) is 5.66. The van der Waals surface area contributed by atoms with Crippen LogP contribution in [0.2, 0.25) is 0 Å². The van der Waals surface area contributed by atoms with Gasteiger partial charge >= 0.3 is 0 Å². The highest BCUT2D eigenvalue weighted by Crippen LogP contribution is 2.17. The maximum atomic E-state index is 4.10. The molecule has 17 heavy (non-hydrogen) atoms. The van der Waals surface area contributed by atoms with Gasteiger partial charge in [-0.15, -0.1) is 0 Å². The molecule has 1 heterocycles. The van der Waals surface area contributed by atoms with E-state index in [-0.39, 0.29) is 0 Å². The van der Waals surface area contributed by atoms with Gasteiger partial charge in [-0.2, -0.15) is 10.2 Å². The summed E-state index contributed by atoms with van der Waals surface area (Å²) in [6.45, 7) is 0. The van der Waals surface area contributed by atoms with Crippen molar-refractivity contribution in [1.82, 2.24) is 10.2 Å². The topological polar surface area (TPSA) is 25.8 Å². The van der Waals surface area contributed by atoms with E-state index in [9.17, 15) is 0 Å². The molecule has 3 aromatic rings. The van der Waals surface area contributed by atoms with Gasteiger partial charge in [-0.25, -0.2) is 0 Å². The fourth-order valence-electron chi connectivity index (χ4n) is 1.99. The van der Waals surface area contributed by atoms with Gasteiger partial charge in [0.05, 0.1) is 5.69 Å². The van der Waals surface area contributed by atoms with Crippen molar-refractivity contribution in [3.8, 4) is 0 Å². The standard InChI is InChI=1S/C15H12N2/c1-2-5-14-10-12(7-8-13(14)4-1)11-15-6-3-9-16-17-15/h1-10H,11H2. The van der Waals surface area contributed by atoms with Gasteiger partial charge in [0, 0.05) is 12.6 Å². The molecule has 2 heteroatoms. The molecule has 0 N–H and O–H groups in total. The van der Waals surface area contributed by atoms with Gasteiger partial charge in [0.15, 0.2) is 0 Å². The fraction of sp³-hybridized carbons (Fsp3) is 0.0667. The number of benzene rings is 2. The number of hydrogen-bond acceptors (Lipinski definition) is 2. The van der Waals surface area contributed by atoms with Gasteiger partial charge in [0.25, 0.3) is 0 Å². The Balaban J connectivity index is 1.96. The van der Waals surface area contributed by atoms with Crippen LogP contribution in [-0.2, 0) is 6.42 Å². The van der Waals surface area contributed by atoms with Crippen LogP contribution >= 0.6 is 0 Å². The molecule has 0 atom stereocenters. The van der Waals surface area contributed by atoms with Crippen LogP contribution in [0.3, 0.4) is 0 Å². The Hall–Kier alpha value is -2.22. The van der Waals surface area contributed by atoms with Crippen molar-refractivity contribution in [3.63, 3.8) is 0 Å². The monoisotopic (exact) mass is 220 g/mol. The van der Waals surface area contributed by atoms with Gasteiger partial charge < -0.3 is 0 Å². The van der Waals surface area contributed by atoms with Crippen molar-refractivity contribution in [2.75, 3.05) is 0 Å². The fourth-order valence-corrected chi connectivity index (χ4v) is 1.99. The molecule has 0 unspecified atom stereocenters. The van der Waals surface area contributed by atoms with Crippen LogP contribution in [0.25, 0.3) is 10.8 Å². The number of fused-ring (bicyclic) bond motifs is 1. The summed E-state index contributed by atoms with van der Waals surface area (Å²) in [5.41, 5.74) is 2.27. The molecule has 2 aromatic carbocycles. The Morgan fingerprint density at radius 1 is 0.824 bits per heavy atom. The van der Waals surface area contributed by atoms with Crippen molar-refractivity contribution in [3.05, 3.63) is 72.1 Å². The van der Waals surface area contributed by atoms with E-state index in [2.05, 4.69) is 52.7 Å². The molecule has 82 valence electrons. The second-order valence-corrected chi connectivity index (χ2v) is 4.07. The zero-order valence-corrected chi connectivity index (χ0v) is 9.38. The molecule has 0 fully saturated rings. The maximum Gasteiger partial charge on any atom is 0.0674 e. The number of hydrogen-bond donors (Lipinski definition) is 0. The number of nitrogens with zero attached hydrogens (tertiary/aromatic N) is 2. The van der Waals surface area contributed by atoms with Crippen LogP contribution in [0.1, 0.15) is 11.3 Å². The lowest BCUT2D eigenvalue weighted by Gasteiger charge is -2.02. The lowest BCUT2D eigenvalue weighted by Crippen LogP contribution is -1.93. The quantitative estimate of drug-likeness (QED) is 0.662. The Labute approximate surface area is 99.9 Å². The Morgan fingerprint density at radius 2 is 1.71 bits per heavy atom. The molecule has 0 bridgehead atoms. The predicted molar refractivity (Wildman–Crippen MR) is 68.8 cm³/mol. The van der Waals surface area contributed by atoms with E-state index in [1.54, 1.807) is 6.20 Å². The second kappa shape index (κ2) is 4.34. The van der Waals surface area contributed by atoms with Crippen LogP contribution < -0.4 is 0 Å². The zero-order chi connectivity index (χ0) is 11.5. The maximum absolute atomic E-state index is 4.10. The second-order valence-electron chi connectivity index (χ2n) is 4.07. The van der Waals surface area contributed by atoms with Crippen molar-refractivity contribution in [2.24, 2.45) is 0 Å². The zero-order valence-electron chi connectivity index (χ0n) is 9.38. The van der Waals surface area contributed by atoms with Gasteiger partial charge in [-0.05, 0) is 28.5 Å². The first kappa shape index (κ1) is 9.97. The van der Waals surface area contributed by atoms with E-state index in [4.69, 9.17) is 0 Å². The molecule has 0 amide bonds. The third kappa shape index (κ3) is 2.16. The number of rotatable bonds is 2. The van der Waals surface area contributed by atoms with Crippen molar-refractivity contribution < 1.29 is 0 Å². The van der Waals surface area contributed by atoms with Crippen molar-refractivity contribution in [2.45, 2.75) is 6.42 Å². The minimum absolute atomic E-state index is 0.832. The third-order valence-corrected chi connectivity index (χ3v) is 2.83. The molecular formula is C15H12N2. The summed E-state index contributed by atoms with van der Waals surface area (Å²) in [5, 5.41) is 10.5. The third-order valence-electron chi connectivity index (χ3n) is 2.83. The molecule has 3 rings (SSSR count). The summed E-state index contributed by atoms with van der Waals surface area (Å²) in [4.78, 5) is 0. The van der Waals surface area contributed by atoms with E-state index >= 15 is 0 Å². The average Bonchev–Trinajstić information content (AvgIpc) is 2.40. The normalized spacial score (nSPS) is 10.6. The Bertz CT molecular complexity index is 633. The number of aromatic nitrogens is 2. The molecule has 0 saturated carbocycles. The van der Waals surface area contributed by atoms with Crippen molar-refractivity contribution >= 4 is 10.8 Å². The SMILES string of the molecule is c1cnnc(Cc2ccc3ccccc3c2)c1. The summed E-state index contributed by atoms with van der Waals surface area (Å²) in [6, 6.07) is 18.8. The van der Waals surface area contributed by atoms with Crippen LogP contribution in [0, 0.1) is 0 Å². The smallest absolute Gasteiger partial charge is 0.0674 e. The minimum Gasteiger partial charge on any atom is -0.159 e. The molecule has 0 saturated heterocycles. The highest BCUT2D eigenvalue weighted by molar-refractivity contribution is 5.83. The molecule has 0 aliphatic carbocycles. The van der Waals surface area contributed by atoms with E-state index in [1.165, 1.54) is 16.3 Å². The first-order valence-corrected chi connectivity index (χ1v) is 5.66. The van der Waals surface area contributed by atoms with Gasteiger partial charge in [0.1, 0.15) is 0 Å². The van der Waals surface area contributed by atoms with E-state index in [1.807, 2.05) is 12.1 Å². The van der Waals surface area contributed by atoms with E-state index < -0.39 is 0 Å². The summed E-state index contributed by atoms with van der Waals surface area (Å²) >= 11 is 0. The molecule has 1 aromatic heterocycles.